The van der Waals surface area contributed by atoms with Gasteiger partial charge in [0.05, 0.1) is 76.6 Å². The maximum absolute atomic E-state index is 5.29. The fraction of sp³-hybridized carbons (Fsp3) is 0.128. The maximum atomic E-state index is 5.29. The Bertz CT molecular complexity index is 3100. The molecule has 12 bridgehead atoms. The summed E-state index contributed by atoms with van der Waals surface area (Å²) in [7, 11) is 0. The highest BCUT2D eigenvalue weighted by atomic mass is 14.9. The summed E-state index contributed by atoms with van der Waals surface area (Å²) in [6.07, 6.45) is 5.09. The lowest BCUT2D eigenvalue weighted by Crippen LogP contribution is -2.13. The Morgan fingerprint density at radius 3 is 1.26 bits per heavy atom. The molecule has 0 radical (unpaired) electrons. The van der Waals surface area contributed by atoms with Gasteiger partial charge in [-0.2, -0.15) is 0 Å². The zero-order valence-corrected chi connectivity index (χ0v) is 25.8. The van der Waals surface area contributed by atoms with E-state index in [4.69, 9.17) is 29.9 Å². The van der Waals surface area contributed by atoms with Crippen LogP contribution >= 0.6 is 0 Å². The number of rotatable bonds is 0. The van der Waals surface area contributed by atoms with E-state index in [1.54, 1.807) is 0 Å². The lowest BCUT2D eigenvalue weighted by Gasteiger charge is -2.11. The molecule has 46 heavy (non-hydrogen) atoms. The number of aryl methyl sites for hydroxylation is 4. The number of pyridine rings is 4. The van der Waals surface area contributed by atoms with E-state index in [-0.39, 0.29) is 0 Å². The van der Waals surface area contributed by atoms with Gasteiger partial charge >= 0.3 is 0 Å². The molecule has 0 amide bonds. The molecule has 218 valence electrons. The average molecular weight is 594 g/mol. The van der Waals surface area contributed by atoms with E-state index >= 15 is 0 Å². The number of allylic oxidation sites excluding steroid dienone is 2. The molecule has 7 heteroatoms. The fourth-order valence-corrected chi connectivity index (χ4v) is 7.16. The smallest absolute Gasteiger partial charge is 0.0996 e. The second kappa shape index (κ2) is 8.88. The Kier molecular flexibility index (Phi) is 4.93. The van der Waals surface area contributed by atoms with Gasteiger partial charge in [0.25, 0.3) is 0 Å². The number of fused-ring (bicyclic) bond motifs is 11. The van der Waals surface area contributed by atoms with Crippen molar-refractivity contribution >= 4 is 65.8 Å². The highest BCUT2D eigenvalue weighted by Crippen LogP contribution is 2.32. The number of hydrogen-bond donors (Lipinski definition) is 1. The van der Waals surface area contributed by atoms with E-state index < -0.39 is 0 Å². The molecule has 0 saturated heterocycles. The van der Waals surface area contributed by atoms with Crippen molar-refractivity contribution in [2.45, 2.75) is 34.1 Å². The summed E-state index contributed by atoms with van der Waals surface area (Å²) in [6.45, 7) is 8.37. The van der Waals surface area contributed by atoms with Crippen LogP contribution in [0.2, 0.25) is 0 Å². The summed E-state index contributed by atoms with van der Waals surface area (Å²) < 4.78 is 0. The molecule has 6 aromatic heterocycles. The third-order valence-corrected chi connectivity index (χ3v) is 9.98. The van der Waals surface area contributed by atoms with E-state index in [0.29, 0.717) is 0 Å². The topological polar surface area (TPSA) is 93.1 Å². The lowest BCUT2D eigenvalue weighted by molar-refractivity contribution is 1.11. The minimum atomic E-state index is 0.741. The van der Waals surface area contributed by atoms with Gasteiger partial charge in [0.15, 0.2) is 0 Å². The molecule has 0 spiro atoms. The molecule has 2 aliphatic rings. The van der Waals surface area contributed by atoms with Crippen molar-refractivity contribution in [3.05, 3.63) is 127 Å². The fourth-order valence-electron chi connectivity index (χ4n) is 7.16. The highest BCUT2D eigenvalue weighted by molar-refractivity contribution is 6.20. The van der Waals surface area contributed by atoms with Gasteiger partial charge in [-0.15, -0.1) is 0 Å². The van der Waals surface area contributed by atoms with Crippen LogP contribution in [0.15, 0.2) is 72.8 Å². The van der Waals surface area contributed by atoms with Crippen molar-refractivity contribution in [3.63, 3.8) is 0 Å². The van der Waals surface area contributed by atoms with Crippen LogP contribution in [0.25, 0.3) is 65.8 Å². The minimum absolute atomic E-state index is 0.741. The van der Waals surface area contributed by atoms with Crippen LogP contribution in [0, 0.1) is 49.1 Å². The summed E-state index contributed by atoms with van der Waals surface area (Å²) in [5.74, 6) is 0. The number of aromatic amines is 1. The first-order valence-electron chi connectivity index (χ1n) is 15.6. The van der Waals surface area contributed by atoms with Gasteiger partial charge in [-0.3, -0.25) is 0 Å². The molecule has 2 aromatic carbocycles. The van der Waals surface area contributed by atoms with Gasteiger partial charge in [-0.1, -0.05) is 24.3 Å². The third-order valence-electron chi connectivity index (χ3n) is 9.98. The molecule has 0 atom stereocenters. The zero-order chi connectivity index (χ0) is 30.8. The van der Waals surface area contributed by atoms with Crippen molar-refractivity contribution in [1.82, 2.24) is 34.9 Å². The molecule has 1 N–H and O–H groups in total. The van der Waals surface area contributed by atoms with Gasteiger partial charge < -0.3 is 4.98 Å². The second-order valence-corrected chi connectivity index (χ2v) is 12.6. The van der Waals surface area contributed by atoms with E-state index in [0.717, 1.165) is 116 Å². The predicted molar refractivity (Wildman–Crippen MR) is 182 cm³/mol. The number of aromatic nitrogens is 7. The van der Waals surface area contributed by atoms with Crippen LogP contribution < -0.4 is 10.7 Å². The van der Waals surface area contributed by atoms with Gasteiger partial charge in [0.2, 0.25) is 0 Å². The summed E-state index contributed by atoms with van der Waals surface area (Å²) in [5, 5.41) is 9.57. The van der Waals surface area contributed by atoms with Crippen LogP contribution in [0.4, 0.5) is 0 Å². The van der Waals surface area contributed by atoms with Crippen LogP contribution in [0.3, 0.4) is 0 Å². The molecule has 0 unspecified atom stereocenters. The second-order valence-electron chi connectivity index (χ2n) is 12.6. The molecule has 10 rings (SSSR count). The van der Waals surface area contributed by atoms with E-state index in [1.165, 1.54) is 11.1 Å². The molecule has 8 aromatic rings. The molecular formula is C39H27N7. The Labute approximate surface area is 261 Å². The molecule has 7 heterocycles. The number of hydrogen-bond acceptors (Lipinski definition) is 6. The minimum Gasteiger partial charge on any atom is -0.352 e. The average Bonchev–Trinajstić information content (AvgIpc) is 3.78. The van der Waals surface area contributed by atoms with E-state index in [9.17, 15) is 0 Å². The van der Waals surface area contributed by atoms with Crippen LogP contribution in [-0.2, 0) is 0 Å². The quantitative estimate of drug-likeness (QED) is 0.210. The third kappa shape index (κ3) is 3.42. The lowest BCUT2D eigenvalue weighted by atomic mass is 9.98. The van der Waals surface area contributed by atoms with Crippen molar-refractivity contribution < 1.29 is 0 Å². The Balaban J connectivity index is 1.45. The van der Waals surface area contributed by atoms with E-state index in [2.05, 4.69) is 91.6 Å². The SMILES string of the molecule is Cc1nc2c3ccc4nc3c3nc(ccc3c2nc1C)=c1ccc([nH]1)=c1ccc2c(C)c(C)c3ccc(nc3c2n1)=C1C=CC=4C1. The Morgan fingerprint density at radius 1 is 0.413 bits per heavy atom. The number of nitrogens with one attached hydrogen (secondary N) is 1. The number of H-pyrrole nitrogens is 1. The monoisotopic (exact) mass is 593 g/mol. The molecule has 7 nitrogen and oxygen atoms in total. The summed E-state index contributed by atoms with van der Waals surface area (Å²) in [5.41, 5.74) is 11.8. The molecule has 0 saturated carbocycles. The van der Waals surface area contributed by atoms with E-state index in [1.807, 2.05) is 13.8 Å². The maximum Gasteiger partial charge on any atom is 0.0996 e. The van der Waals surface area contributed by atoms with Crippen LogP contribution in [0.1, 0.15) is 28.9 Å². The first-order valence-corrected chi connectivity index (χ1v) is 15.6. The summed E-state index contributed by atoms with van der Waals surface area (Å²) >= 11 is 0. The van der Waals surface area contributed by atoms with Crippen molar-refractivity contribution in [3.8, 4) is 0 Å². The van der Waals surface area contributed by atoms with Crippen LogP contribution in [0.5, 0.6) is 0 Å². The van der Waals surface area contributed by atoms with Crippen molar-refractivity contribution in [2.75, 3.05) is 0 Å². The standard InChI is InChI=1S/C39H27N7/c1-18-19(2)25-8-13-32-30-15-16-31(42-30)33-14-10-27-37-36(40-20(3)21(4)41-37)26-9-12-29(44-38(26)39(27)46-33)23-6-5-22(17-23)28-11-7-24(18)34(43-28)35(25)45-32/h5-16,42H,17H2,1-4H3. The van der Waals surface area contributed by atoms with Gasteiger partial charge in [-0.05, 0) is 98.5 Å². The van der Waals surface area contributed by atoms with Crippen molar-refractivity contribution in [2.24, 2.45) is 0 Å². The van der Waals surface area contributed by atoms with Gasteiger partial charge in [0, 0.05) is 28.0 Å². The first-order chi connectivity index (χ1) is 22.4. The largest absolute Gasteiger partial charge is 0.352 e. The van der Waals surface area contributed by atoms with Gasteiger partial charge in [0.1, 0.15) is 0 Å². The predicted octanol–water partition coefficient (Wildman–Crippen LogP) is 6.23. The number of benzene rings is 2. The highest BCUT2D eigenvalue weighted by Gasteiger charge is 2.17. The zero-order valence-electron chi connectivity index (χ0n) is 25.8. The van der Waals surface area contributed by atoms with Crippen molar-refractivity contribution in [1.29, 1.82) is 0 Å². The molecular weight excluding hydrogens is 566 g/mol. The Morgan fingerprint density at radius 2 is 0.783 bits per heavy atom. The Hall–Kier alpha value is -5.82. The molecule has 1 aliphatic heterocycles. The van der Waals surface area contributed by atoms with Crippen LogP contribution in [-0.4, -0.2) is 34.9 Å². The summed E-state index contributed by atoms with van der Waals surface area (Å²) in [6, 6.07) is 21.2. The molecule has 1 aliphatic carbocycles. The summed E-state index contributed by atoms with van der Waals surface area (Å²) in [4.78, 5) is 34.7. The van der Waals surface area contributed by atoms with Gasteiger partial charge in [-0.25, -0.2) is 29.9 Å². The number of nitrogens with zero attached hydrogens (tertiary/aromatic N) is 6. The first kappa shape index (κ1) is 25.5. The normalized spacial score (nSPS) is 13.8. The molecule has 0 fully saturated rings.